The molecule has 2 rings (SSSR count). The van der Waals surface area contributed by atoms with E-state index in [-0.39, 0.29) is 10.8 Å². The van der Waals surface area contributed by atoms with Crippen LogP contribution in [0.4, 0.5) is 4.39 Å². The van der Waals surface area contributed by atoms with E-state index in [0.29, 0.717) is 10.6 Å². The van der Waals surface area contributed by atoms with E-state index in [4.69, 9.17) is 27.9 Å². The zero-order valence-corrected chi connectivity index (χ0v) is 11.5. The average molecular weight is 315 g/mol. The summed E-state index contributed by atoms with van der Waals surface area (Å²) in [4.78, 5) is 11.3. The summed E-state index contributed by atoms with van der Waals surface area (Å²) in [5.74, 6) is -2.14. The lowest BCUT2D eigenvalue weighted by Gasteiger charge is -2.16. The summed E-state index contributed by atoms with van der Waals surface area (Å²) >= 11 is 11.4. The highest BCUT2D eigenvalue weighted by atomic mass is 35.5. The van der Waals surface area contributed by atoms with Crippen LogP contribution < -0.4 is 4.74 Å². The minimum absolute atomic E-state index is 0.184. The fraction of sp³-hybridized carbons (Fsp3) is 0.0714. The molecule has 0 saturated carbocycles. The number of carboxylic acids is 1. The molecule has 0 aliphatic carbocycles. The number of halogens is 3. The average Bonchev–Trinajstić information content (AvgIpc) is 2.39. The predicted octanol–water partition coefficient (Wildman–Crippen LogP) is 4.34. The van der Waals surface area contributed by atoms with Gasteiger partial charge in [-0.1, -0.05) is 35.3 Å². The molecule has 1 atom stereocenters. The highest BCUT2D eigenvalue weighted by Crippen LogP contribution is 2.27. The van der Waals surface area contributed by atoms with Crippen molar-refractivity contribution in [1.82, 2.24) is 0 Å². The topological polar surface area (TPSA) is 46.5 Å². The highest BCUT2D eigenvalue weighted by molar-refractivity contribution is 6.30. The molecule has 3 nitrogen and oxygen atoms in total. The Bertz CT molecular complexity index is 629. The quantitative estimate of drug-likeness (QED) is 0.913. The number of hydrogen-bond acceptors (Lipinski definition) is 2. The number of ether oxygens (including phenoxy) is 1. The second kappa shape index (κ2) is 6.11. The number of benzene rings is 2. The largest absolute Gasteiger partial charge is 0.478 e. The van der Waals surface area contributed by atoms with Crippen molar-refractivity contribution in [2.24, 2.45) is 0 Å². The summed E-state index contributed by atoms with van der Waals surface area (Å²) in [6, 6.07) is 9.84. The molecule has 1 N–H and O–H groups in total. The molecule has 0 spiro atoms. The lowest BCUT2D eigenvalue weighted by Crippen LogP contribution is -2.18. The van der Waals surface area contributed by atoms with Crippen molar-refractivity contribution in [1.29, 1.82) is 0 Å². The van der Waals surface area contributed by atoms with Gasteiger partial charge in [0.2, 0.25) is 6.10 Å². The summed E-state index contributed by atoms with van der Waals surface area (Å²) in [6.45, 7) is 0. The van der Waals surface area contributed by atoms with Crippen molar-refractivity contribution in [2.45, 2.75) is 6.10 Å². The second-order valence-corrected chi connectivity index (χ2v) is 4.84. The van der Waals surface area contributed by atoms with Gasteiger partial charge in [0.15, 0.2) is 11.6 Å². The molecule has 0 amide bonds. The highest BCUT2D eigenvalue weighted by Gasteiger charge is 2.23. The maximum atomic E-state index is 13.6. The van der Waals surface area contributed by atoms with Gasteiger partial charge in [0, 0.05) is 15.6 Å². The van der Waals surface area contributed by atoms with Crippen LogP contribution in [0.3, 0.4) is 0 Å². The van der Waals surface area contributed by atoms with Crippen LogP contribution in [0.2, 0.25) is 10.0 Å². The van der Waals surface area contributed by atoms with Crippen molar-refractivity contribution >= 4 is 29.2 Å². The normalized spacial score (nSPS) is 11.9. The van der Waals surface area contributed by atoms with Gasteiger partial charge < -0.3 is 9.84 Å². The molecule has 1 unspecified atom stereocenters. The van der Waals surface area contributed by atoms with Crippen molar-refractivity contribution in [3.8, 4) is 5.75 Å². The van der Waals surface area contributed by atoms with Gasteiger partial charge in [-0.3, -0.25) is 0 Å². The second-order valence-electron chi connectivity index (χ2n) is 3.96. The first kappa shape index (κ1) is 14.6. The van der Waals surface area contributed by atoms with Crippen LogP contribution in [0.1, 0.15) is 11.7 Å². The summed E-state index contributed by atoms with van der Waals surface area (Å²) in [5, 5.41) is 9.87. The molecular weight excluding hydrogens is 306 g/mol. The molecule has 2 aromatic carbocycles. The van der Waals surface area contributed by atoms with E-state index < -0.39 is 17.9 Å². The van der Waals surface area contributed by atoms with Gasteiger partial charge in [-0.25, -0.2) is 9.18 Å². The number of carboxylic acid groups (broad SMARTS) is 1. The van der Waals surface area contributed by atoms with Gasteiger partial charge in [0.05, 0.1) is 0 Å². The Morgan fingerprint density at radius 1 is 1.10 bits per heavy atom. The zero-order valence-electron chi connectivity index (χ0n) is 10.0. The minimum Gasteiger partial charge on any atom is -0.478 e. The van der Waals surface area contributed by atoms with Crippen molar-refractivity contribution < 1.29 is 19.0 Å². The third-order valence-corrected chi connectivity index (χ3v) is 3.02. The van der Waals surface area contributed by atoms with E-state index >= 15 is 0 Å². The molecule has 0 saturated heterocycles. The van der Waals surface area contributed by atoms with E-state index in [1.54, 1.807) is 0 Å². The molecule has 0 aromatic heterocycles. The van der Waals surface area contributed by atoms with Crippen LogP contribution in [0.15, 0.2) is 42.5 Å². The van der Waals surface area contributed by atoms with E-state index in [1.165, 1.54) is 36.4 Å². The van der Waals surface area contributed by atoms with Gasteiger partial charge in [0.1, 0.15) is 0 Å². The van der Waals surface area contributed by atoms with Crippen LogP contribution in [0, 0.1) is 5.82 Å². The first-order valence-electron chi connectivity index (χ1n) is 5.57. The Labute approximate surface area is 124 Å². The molecule has 0 fully saturated rings. The fourth-order valence-electron chi connectivity index (χ4n) is 1.60. The lowest BCUT2D eigenvalue weighted by atomic mass is 10.1. The van der Waals surface area contributed by atoms with E-state index in [0.717, 1.165) is 6.07 Å². The van der Waals surface area contributed by atoms with Crippen molar-refractivity contribution in [3.05, 3.63) is 63.9 Å². The molecule has 20 heavy (non-hydrogen) atoms. The Balaban J connectivity index is 2.30. The molecular formula is C14H9Cl2FO3. The third-order valence-electron chi connectivity index (χ3n) is 2.54. The SMILES string of the molecule is O=C(O)C(Oc1ccc(Cl)cc1F)c1ccc(Cl)cc1. The van der Waals surface area contributed by atoms with Gasteiger partial charge in [-0.05, 0) is 30.3 Å². The summed E-state index contributed by atoms with van der Waals surface area (Å²) in [6.07, 6.45) is -1.33. The molecule has 0 radical (unpaired) electrons. The first-order valence-corrected chi connectivity index (χ1v) is 6.33. The zero-order chi connectivity index (χ0) is 14.7. The Morgan fingerprint density at radius 2 is 1.70 bits per heavy atom. The molecule has 0 aliphatic rings. The van der Waals surface area contributed by atoms with E-state index in [9.17, 15) is 14.3 Å². The maximum Gasteiger partial charge on any atom is 0.349 e. The third kappa shape index (κ3) is 3.40. The number of carbonyl (C=O) groups is 1. The monoisotopic (exact) mass is 314 g/mol. The van der Waals surface area contributed by atoms with E-state index in [2.05, 4.69) is 0 Å². The number of rotatable bonds is 4. The Kier molecular flexibility index (Phi) is 4.47. The molecule has 6 heteroatoms. The molecule has 0 heterocycles. The molecule has 104 valence electrons. The van der Waals surface area contributed by atoms with Gasteiger partial charge in [-0.15, -0.1) is 0 Å². The Hall–Kier alpha value is -1.78. The van der Waals surface area contributed by atoms with Crippen LogP contribution in [-0.4, -0.2) is 11.1 Å². The minimum atomic E-state index is -1.33. The smallest absolute Gasteiger partial charge is 0.349 e. The molecule has 0 aliphatic heterocycles. The standard InChI is InChI=1S/C14H9Cl2FO3/c15-9-3-1-8(2-4-9)13(14(18)19)20-12-6-5-10(16)7-11(12)17/h1-7,13H,(H,18,19). The summed E-state index contributed by atoms with van der Waals surface area (Å²) < 4.78 is 18.8. The first-order chi connectivity index (χ1) is 9.47. The van der Waals surface area contributed by atoms with Crippen LogP contribution in [0.25, 0.3) is 0 Å². The predicted molar refractivity (Wildman–Crippen MR) is 73.9 cm³/mol. The van der Waals surface area contributed by atoms with Gasteiger partial charge in [0.25, 0.3) is 0 Å². The van der Waals surface area contributed by atoms with Crippen LogP contribution in [0.5, 0.6) is 5.75 Å². The fourth-order valence-corrected chi connectivity index (χ4v) is 1.88. The number of aliphatic carboxylic acids is 1. The van der Waals surface area contributed by atoms with E-state index in [1.807, 2.05) is 0 Å². The number of hydrogen-bond donors (Lipinski definition) is 1. The molecule has 0 bridgehead atoms. The van der Waals surface area contributed by atoms with Gasteiger partial charge in [-0.2, -0.15) is 0 Å². The maximum absolute atomic E-state index is 13.6. The van der Waals surface area contributed by atoms with Crippen molar-refractivity contribution in [2.75, 3.05) is 0 Å². The van der Waals surface area contributed by atoms with Crippen molar-refractivity contribution in [3.63, 3.8) is 0 Å². The van der Waals surface area contributed by atoms with Crippen LogP contribution >= 0.6 is 23.2 Å². The summed E-state index contributed by atoms with van der Waals surface area (Å²) in [7, 11) is 0. The summed E-state index contributed by atoms with van der Waals surface area (Å²) in [5.41, 5.74) is 0.358. The Morgan fingerprint density at radius 3 is 2.25 bits per heavy atom. The molecule has 2 aromatic rings. The van der Waals surface area contributed by atoms with Crippen LogP contribution in [-0.2, 0) is 4.79 Å². The lowest BCUT2D eigenvalue weighted by molar-refractivity contribution is -0.145. The van der Waals surface area contributed by atoms with Gasteiger partial charge >= 0.3 is 5.97 Å².